The zero-order valence-electron chi connectivity index (χ0n) is 10.1. The van der Waals surface area contributed by atoms with E-state index in [1.165, 1.54) is 5.56 Å². The molecule has 2 nitrogen and oxygen atoms in total. The molecule has 3 heteroatoms. The number of hydrogen-bond acceptors (Lipinski definition) is 2. The summed E-state index contributed by atoms with van der Waals surface area (Å²) in [7, 11) is 0. The summed E-state index contributed by atoms with van der Waals surface area (Å²) in [4.78, 5) is 0. The topological polar surface area (TPSA) is 46.2 Å². The standard InChI is InChI=1S/C13H20BrNO/c1-13(2,3)10-5-4-9(8-11(10)14)12(15)6-7-16/h4-5,8,12,16H,6-7,15H2,1-3H3. The van der Waals surface area contributed by atoms with E-state index in [-0.39, 0.29) is 18.1 Å². The first-order valence-electron chi connectivity index (χ1n) is 5.52. The van der Waals surface area contributed by atoms with E-state index in [1.807, 2.05) is 6.07 Å². The summed E-state index contributed by atoms with van der Waals surface area (Å²) in [6, 6.07) is 6.12. The Morgan fingerprint density at radius 3 is 2.44 bits per heavy atom. The number of benzene rings is 1. The summed E-state index contributed by atoms with van der Waals surface area (Å²) in [5, 5.41) is 8.86. The first-order valence-corrected chi connectivity index (χ1v) is 6.32. The van der Waals surface area contributed by atoms with Crippen molar-refractivity contribution in [3.8, 4) is 0 Å². The van der Waals surface area contributed by atoms with E-state index >= 15 is 0 Å². The molecule has 0 heterocycles. The molecule has 1 rings (SSSR count). The van der Waals surface area contributed by atoms with Crippen LogP contribution in [0, 0.1) is 0 Å². The van der Waals surface area contributed by atoms with Crippen molar-refractivity contribution in [2.75, 3.05) is 6.61 Å². The van der Waals surface area contributed by atoms with Gasteiger partial charge < -0.3 is 10.8 Å². The highest BCUT2D eigenvalue weighted by Crippen LogP contribution is 2.31. The van der Waals surface area contributed by atoms with Crippen LogP contribution in [0.25, 0.3) is 0 Å². The summed E-state index contributed by atoms with van der Waals surface area (Å²) in [6.07, 6.45) is 0.599. The van der Waals surface area contributed by atoms with Crippen molar-refractivity contribution in [1.29, 1.82) is 0 Å². The molecule has 0 aliphatic heterocycles. The number of rotatable bonds is 3. The second-order valence-electron chi connectivity index (χ2n) is 5.11. The Hall–Kier alpha value is -0.380. The number of nitrogens with two attached hydrogens (primary N) is 1. The molecule has 0 bridgehead atoms. The smallest absolute Gasteiger partial charge is 0.0449 e. The third-order valence-electron chi connectivity index (χ3n) is 2.67. The fourth-order valence-electron chi connectivity index (χ4n) is 1.68. The van der Waals surface area contributed by atoms with E-state index in [2.05, 4.69) is 48.8 Å². The van der Waals surface area contributed by atoms with Crippen LogP contribution in [0.1, 0.15) is 44.4 Å². The van der Waals surface area contributed by atoms with Crippen LogP contribution in [0.3, 0.4) is 0 Å². The molecule has 1 unspecified atom stereocenters. The average Bonchev–Trinajstić information content (AvgIpc) is 2.16. The quantitative estimate of drug-likeness (QED) is 0.896. The van der Waals surface area contributed by atoms with Gasteiger partial charge in [0.05, 0.1) is 0 Å². The molecule has 0 spiro atoms. The third-order valence-corrected chi connectivity index (χ3v) is 3.33. The summed E-state index contributed by atoms with van der Waals surface area (Å²) in [6.45, 7) is 6.67. The summed E-state index contributed by atoms with van der Waals surface area (Å²) in [5.74, 6) is 0. The van der Waals surface area contributed by atoms with E-state index in [0.717, 1.165) is 10.0 Å². The van der Waals surface area contributed by atoms with Gasteiger partial charge in [-0.3, -0.25) is 0 Å². The molecule has 1 aromatic carbocycles. The van der Waals surface area contributed by atoms with Crippen LogP contribution in [0.5, 0.6) is 0 Å². The highest BCUT2D eigenvalue weighted by atomic mass is 79.9. The van der Waals surface area contributed by atoms with Gasteiger partial charge in [-0.25, -0.2) is 0 Å². The molecule has 0 aliphatic rings. The number of hydrogen-bond donors (Lipinski definition) is 2. The molecule has 3 N–H and O–H groups in total. The number of aliphatic hydroxyl groups excluding tert-OH is 1. The SMILES string of the molecule is CC(C)(C)c1ccc(C(N)CCO)cc1Br. The minimum Gasteiger partial charge on any atom is -0.396 e. The van der Waals surface area contributed by atoms with Gasteiger partial charge in [-0.15, -0.1) is 0 Å². The van der Waals surface area contributed by atoms with Gasteiger partial charge in [-0.1, -0.05) is 48.8 Å². The van der Waals surface area contributed by atoms with Gasteiger partial charge in [0.25, 0.3) is 0 Å². The number of halogens is 1. The van der Waals surface area contributed by atoms with E-state index in [1.54, 1.807) is 0 Å². The molecule has 1 atom stereocenters. The Labute approximate surface area is 106 Å². The molecule has 16 heavy (non-hydrogen) atoms. The predicted octanol–water partition coefficient (Wildman–Crippen LogP) is 3.13. The fraction of sp³-hybridized carbons (Fsp3) is 0.538. The minimum atomic E-state index is -0.0877. The molecular weight excluding hydrogens is 266 g/mol. The van der Waals surface area contributed by atoms with E-state index in [4.69, 9.17) is 10.8 Å². The molecule has 90 valence electrons. The monoisotopic (exact) mass is 285 g/mol. The lowest BCUT2D eigenvalue weighted by Crippen LogP contribution is -2.15. The molecule has 0 aliphatic carbocycles. The van der Waals surface area contributed by atoms with Crippen molar-refractivity contribution in [1.82, 2.24) is 0 Å². The second-order valence-corrected chi connectivity index (χ2v) is 5.96. The summed E-state index contributed by atoms with van der Waals surface area (Å²) >= 11 is 3.58. The molecule has 0 saturated carbocycles. The lowest BCUT2D eigenvalue weighted by atomic mass is 9.86. The maximum atomic E-state index is 8.86. The van der Waals surface area contributed by atoms with Crippen LogP contribution in [-0.2, 0) is 5.41 Å². The third kappa shape index (κ3) is 3.30. The van der Waals surface area contributed by atoms with Gasteiger partial charge in [0.2, 0.25) is 0 Å². The Balaban J connectivity index is 3.00. The molecule has 0 saturated heterocycles. The molecule has 0 aromatic heterocycles. The van der Waals surface area contributed by atoms with Gasteiger partial charge in [-0.2, -0.15) is 0 Å². The van der Waals surface area contributed by atoms with Crippen molar-refractivity contribution >= 4 is 15.9 Å². The van der Waals surface area contributed by atoms with Crippen molar-refractivity contribution in [2.45, 2.75) is 38.6 Å². The minimum absolute atomic E-state index is 0.0877. The van der Waals surface area contributed by atoms with Crippen LogP contribution in [0.15, 0.2) is 22.7 Å². The largest absolute Gasteiger partial charge is 0.396 e. The molecule has 0 radical (unpaired) electrons. The Bertz CT molecular complexity index is 357. The van der Waals surface area contributed by atoms with Crippen molar-refractivity contribution in [2.24, 2.45) is 5.73 Å². The Morgan fingerprint density at radius 1 is 1.38 bits per heavy atom. The predicted molar refractivity (Wildman–Crippen MR) is 71.5 cm³/mol. The first kappa shape index (κ1) is 13.7. The first-order chi connectivity index (χ1) is 7.36. The van der Waals surface area contributed by atoms with Crippen LogP contribution in [0.2, 0.25) is 0 Å². The molecule has 0 fully saturated rings. The van der Waals surface area contributed by atoms with Crippen molar-refractivity contribution in [3.05, 3.63) is 33.8 Å². The zero-order valence-corrected chi connectivity index (χ0v) is 11.7. The van der Waals surface area contributed by atoms with Gasteiger partial charge in [-0.05, 0) is 29.0 Å². The molecule has 0 amide bonds. The van der Waals surface area contributed by atoms with Gasteiger partial charge in [0.1, 0.15) is 0 Å². The van der Waals surface area contributed by atoms with Gasteiger partial charge >= 0.3 is 0 Å². The van der Waals surface area contributed by atoms with Crippen LogP contribution >= 0.6 is 15.9 Å². The van der Waals surface area contributed by atoms with Gasteiger partial charge in [0.15, 0.2) is 0 Å². The fourth-order valence-corrected chi connectivity index (χ4v) is 2.67. The highest BCUT2D eigenvalue weighted by Gasteiger charge is 2.17. The summed E-state index contributed by atoms with van der Waals surface area (Å²) < 4.78 is 1.09. The summed E-state index contributed by atoms with van der Waals surface area (Å²) in [5.41, 5.74) is 8.41. The van der Waals surface area contributed by atoms with Crippen molar-refractivity contribution in [3.63, 3.8) is 0 Å². The normalized spacial score (nSPS) is 13.9. The second kappa shape index (κ2) is 5.30. The average molecular weight is 286 g/mol. The van der Waals surface area contributed by atoms with E-state index in [9.17, 15) is 0 Å². The lowest BCUT2D eigenvalue weighted by molar-refractivity contribution is 0.276. The zero-order chi connectivity index (χ0) is 12.3. The van der Waals surface area contributed by atoms with E-state index < -0.39 is 0 Å². The number of aliphatic hydroxyl groups is 1. The van der Waals surface area contributed by atoms with Crippen LogP contribution < -0.4 is 5.73 Å². The van der Waals surface area contributed by atoms with Crippen LogP contribution in [0.4, 0.5) is 0 Å². The molecule has 1 aromatic rings. The van der Waals surface area contributed by atoms with Gasteiger partial charge in [0, 0.05) is 17.1 Å². The lowest BCUT2D eigenvalue weighted by Gasteiger charge is -2.22. The maximum Gasteiger partial charge on any atom is 0.0449 e. The van der Waals surface area contributed by atoms with Crippen LogP contribution in [-0.4, -0.2) is 11.7 Å². The Morgan fingerprint density at radius 2 is 2.00 bits per heavy atom. The molecular formula is C13H20BrNO. The maximum absolute atomic E-state index is 8.86. The Kier molecular flexibility index (Phi) is 4.53. The van der Waals surface area contributed by atoms with Crippen molar-refractivity contribution < 1.29 is 5.11 Å². The highest BCUT2D eigenvalue weighted by molar-refractivity contribution is 9.10. The van der Waals surface area contributed by atoms with E-state index in [0.29, 0.717) is 6.42 Å².